The molecule has 0 fully saturated rings. The number of hydrogen-bond donors (Lipinski definition) is 1. The average molecular weight is 451 g/mol. The van der Waals surface area contributed by atoms with E-state index in [0.29, 0.717) is 5.82 Å². The summed E-state index contributed by atoms with van der Waals surface area (Å²) in [6.45, 7) is 3.44. The van der Waals surface area contributed by atoms with Gasteiger partial charge in [-0.05, 0) is 65.1 Å². The van der Waals surface area contributed by atoms with Gasteiger partial charge in [0.05, 0.1) is 12.0 Å². The normalized spacial score (nSPS) is 14.0. The number of carbonyl (C=O) groups is 1. The van der Waals surface area contributed by atoms with Crippen LogP contribution in [0.25, 0.3) is 11.4 Å². The van der Waals surface area contributed by atoms with E-state index in [1.54, 1.807) is 18.5 Å². The number of benzene rings is 1. The summed E-state index contributed by atoms with van der Waals surface area (Å²) in [6.07, 6.45) is 0. The van der Waals surface area contributed by atoms with E-state index in [1.807, 2.05) is 18.2 Å². The summed E-state index contributed by atoms with van der Waals surface area (Å²) >= 11 is 5.62. The topological polar surface area (TPSA) is 80.9 Å². The molecule has 2 aromatic rings. The van der Waals surface area contributed by atoms with E-state index >= 15 is 0 Å². The van der Waals surface area contributed by atoms with Crippen LogP contribution in [0.1, 0.15) is 19.9 Å². The smallest absolute Gasteiger partial charge is 0.308 e. The quantitative estimate of drug-likeness (QED) is 0.724. The lowest BCUT2D eigenvalue weighted by molar-refractivity contribution is -0.142. The van der Waals surface area contributed by atoms with Crippen LogP contribution in [0.4, 0.5) is 0 Å². The number of rotatable bonds is 4. The van der Waals surface area contributed by atoms with E-state index in [4.69, 9.17) is 5.11 Å². The SMILES string of the molecule is CC(C(=O)O)C(C)n1nnnc1-c1cc(Br)ccc1I. The number of nitrogens with zero attached hydrogens (tertiary/aromatic N) is 4. The molecule has 8 heteroatoms. The monoisotopic (exact) mass is 450 g/mol. The van der Waals surface area contributed by atoms with Crippen molar-refractivity contribution < 1.29 is 9.90 Å². The van der Waals surface area contributed by atoms with Gasteiger partial charge in [-0.1, -0.05) is 15.9 Å². The fraction of sp³-hybridized carbons (Fsp3) is 0.333. The first-order valence-corrected chi connectivity index (χ1v) is 7.75. The minimum Gasteiger partial charge on any atom is -0.481 e. The molecular formula is C12H12BrIN4O2. The molecule has 6 nitrogen and oxygen atoms in total. The van der Waals surface area contributed by atoms with E-state index < -0.39 is 11.9 Å². The van der Waals surface area contributed by atoms with Crippen molar-refractivity contribution in [3.8, 4) is 11.4 Å². The highest BCUT2D eigenvalue weighted by Crippen LogP contribution is 2.29. The molecular weight excluding hydrogens is 439 g/mol. The Balaban J connectivity index is 2.48. The van der Waals surface area contributed by atoms with E-state index in [0.717, 1.165) is 13.6 Å². The van der Waals surface area contributed by atoms with Crippen LogP contribution in [0, 0.1) is 9.49 Å². The van der Waals surface area contributed by atoms with Crippen molar-refractivity contribution in [2.45, 2.75) is 19.9 Å². The molecule has 2 unspecified atom stereocenters. The second kappa shape index (κ2) is 6.17. The van der Waals surface area contributed by atoms with Crippen molar-refractivity contribution in [1.82, 2.24) is 20.2 Å². The number of carboxylic acids is 1. The fourth-order valence-corrected chi connectivity index (χ4v) is 2.67. The minimum absolute atomic E-state index is 0.340. The zero-order chi connectivity index (χ0) is 14.9. The molecule has 0 saturated carbocycles. The van der Waals surface area contributed by atoms with Crippen LogP contribution in [0.3, 0.4) is 0 Å². The third-order valence-electron chi connectivity index (χ3n) is 3.16. The Hall–Kier alpha value is -1.03. The van der Waals surface area contributed by atoms with Gasteiger partial charge in [0.1, 0.15) is 0 Å². The van der Waals surface area contributed by atoms with Crippen molar-refractivity contribution in [1.29, 1.82) is 0 Å². The van der Waals surface area contributed by atoms with Crippen LogP contribution in [0.5, 0.6) is 0 Å². The third kappa shape index (κ3) is 3.00. The maximum Gasteiger partial charge on any atom is 0.308 e. The number of carboxylic acid groups (broad SMARTS) is 1. The zero-order valence-electron chi connectivity index (χ0n) is 10.8. The summed E-state index contributed by atoms with van der Waals surface area (Å²) in [6, 6.07) is 5.46. The van der Waals surface area contributed by atoms with Crippen molar-refractivity contribution in [2.24, 2.45) is 5.92 Å². The Morgan fingerprint density at radius 2 is 2.15 bits per heavy atom. The molecule has 2 atom stereocenters. The highest BCUT2D eigenvalue weighted by Gasteiger charge is 2.25. The average Bonchev–Trinajstić information content (AvgIpc) is 2.88. The van der Waals surface area contributed by atoms with Gasteiger partial charge in [-0.25, -0.2) is 4.68 Å². The molecule has 1 aromatic heterocycles. The van der Waals surface area contributed by atoms with Crippen LogP contribution in [-0.2, 0) is 4.79 Å². The molecule has 0 aliphatic carbocycles. The summed E-state index contributed by atoms with van der Waals surface area (Å²) in [4.78, 5) is 11.1. The van der Waals surface area contributed by atoms with Gasteiger partial charge < -0.3 is 5.11 Å². The molecule has 0 aliphatic heterocycles. The predicted octanol–water partition coefficient (Wildman–Crippen LogP) is 2.99. The summed E-state index contributed by atoms with van der Waals surface area (Å²) < 4.78 is 3.47. The molecule has 0 radical (unpaired) electrons. The molecule has 106 valence electrons. The number of aromatic nitrogens is 4. The lowest BCUT2D eigenvalue weighted by Gasteiger charge is -2.17. The lowest BCUT2D eigenvalue weighted by atomic mass is 10.0. The second-order valence-corrected chi connectivity index (χ2v) is 6.52. The lowest BCUT2D eigenvalue weighted by Crippen LogP contribution is -2.23. The molecule has 2 rings (SSSR count). The molecule has 20 heavy (non-hydrogen) atoms. The van der Waals surface area contributed by atoms with Crippen LogP contribution in [0.2, 0.25) is 0 Å². The summed E-state index contributed by atoms with van der Waals surface area (Å²) in [5.41, 5.74) is 0.870. The fourth-order valence-electron chi connectivity index (χ4n) is 1.73. The summed E-state index contributed by atoms with van der Waals surface area (Å²) in [7, 11) is 0. The van der Waals surface area contributed by atoms with E-state index in [9.17, 15) is 4.79 Å². The van der Waals surface area contributed by atoms with Gasteiger partial charge in [-0.3, -0.25) is 4.79 Å². The summed E-state index contributed by atoms with van der Waals surface area (Å²) in [5, 5.41) is 20.8. The van der Waals surface area contributed by atoms with Crippen LogP contribution < -0.4 is 0 Å². The summed E-state index contributed by atoms with van der Waals surface area (Å²) in [5.74, 6) is -0.888. The molecule has 0 amide bonds. The van der Waals surface area contributed by atoms with Gasteiger partial charge in [0, 0.05) is 13.6 Å². The van der Waals surface area contributed by atoms with Gasteiger partial charge in [0.2, 0.25) is 0 Å². The van der Waals surface area contributed by atoms with Crippen LogP contribution in [-0.4, -0.2) is 31.3 Å². The number of halogens is 2. The highest BCUT2D eigenvalue weighted by molar-refractivity contribution is 14.1. The minimum atomic E-state index is -0.872. The van der Waals surface area contributed by atoms with Crippen molar-refractivity contribution >= 4 is 44.5 Å². The van der Waals surface area contributed by atoms with Gasteiger partial charge >= 0.3 is 5.97 Å². The van der Waals surface area contributed by atoms with Crippen molar-refractivity contribution in [3.05, 3.63) is 26.2 Å². The Labute approximate surface area is 137 Å². The van der Waals surface area contributed by atoms with Gasteiger partial charge in [-0.15, -0.1) is 5.10 Å². The van der Waals surface area contributed by atoms with Gasteiger partial charge in [-0.2, -0.15) is 0 Å². The molecule has 0 aliphatic rings. The van der Waals surface area contributed by atoms with Gasteiger partial charge in [0.25, 0.3) is 0 Å². The van der Waals surface area contributed by atoms with Crippen LogP contribution in [0.15, 0.2) is 22.7 Å². The van der Waals surface area contributed by atoms with E-state index in [1.165, 1.54) is 0 Å². The Morgan fingerprint density at radius 3 is 2.80 bits per heavy atom. The van der Waals surface area contributed by atoms with Gasteiger partial charge in [0.15, 0.2) is 5.82 Å². The highest BCUT2D eigenvalue weighted by atomic mass is 127. The number of hydrogen-bond acceptors (Lipinski definition) is 4. The molecule has 0 spiro atoms. The first-order chi connectivity index (χ1) is 9.41. The number of tetrazole rings is 1. The number of aliphatic carboxylic acids is 1. The van der Waals surface area contributed by atoms with Crippen molar-refractivity contribution in [3.63, 3.8) is 0 Å². The van der Waals surface area contributed by atoms with E-state index in [-0.39, 0.29) is 6.04 Å². The Morgan fingerprint density at radius 1 is 1.45 bits per heavy atom. The first-order valence-electron chi connectivity index (χ1n) is 5.88. The molecule has 0 bridgehead atoms. The maximum atomic E-state index is 11.1. The predicted molar refractivity (Wildman–Crippen MR) is 85.2 cm³/mol. The Bertz CT molecular complexity index is 646. The van der Waals surface area contributed by atoms with Crippen molar-refractivity contribution in [2.75, 3.05) is 0 Å². The molecule has 1 heterocycles. The Kier molecular flexibility index (Phi) is 4.74. The molecule has 1 N–H and O–H groups in total. The molecule has 0 saturated heterocycles. The maximum absolute atomic E-state index is 11.1. The van der Waals surface area contributed by atoms with Crippen LogP contribution >= 0.6 is 38.5 Å². The standard InChI is InChI=1S/C12H12BrIN4O2/c1-6(12(19)20)7(2)18-11(15-16-17-18)9-5-8(13)3-4-10(9)14/h3-7H,1-2H3,(H,19,20). The largest absolute Gasteiger partial charge is 0.481 e. The zero-order valence-corrected chi connectivity index (χ0v) is 14.5. The molecule has 1 aromatic carbocycles. The third-order valence-corrected chi connectivity index (χ3v) is 4.59. The first kappa shape index (κ1) is 15.4. The second-order valence-electron chi connectivity index (χ2n) is 4.44. The van der Waals surface area contributed by atoms with E-state index in [2.05, 4.69) is 54.0 Å².